The van der Waals surface area contributed by atoms with Gasteiger partial charge in [-0.15, -0.1) is 0 Å². The summed E-state index contributed by atoms with van der Waals surface area (Å²) in [5.74, 6) is -1.10. The van der Waals surface area contributed by atoms with Crippen LogP contribution in [0, 0.1) is 5.82 Å². The van der Waals surface area contributed by atoms with Crippen LogP contribution in [0.15, 0.2) is 42.5 Å². The fourth-order valence-electron chi connectivity index (χ4n) is 1.95. The summed E-state index contributed by atoms with van der Waals surface area (Å²) in [5.41, 5.74) is 0.412. The summed E-state index contributed by atoms with van der Waals surface area (Å²) in [7, 11) is 3.93. The number of nitrogens with one attached hydrogen (secondary N) is 1. The lowest BCUT2D eigenvalue weighted by Crippen LogP contribution is -2.19. The van der Waals surface area contributed by atoms with Gasteiger partial charge in [-0.2, -0.15) is 0 Å². The third-order valence-corrected chi connectivity index (χ3v) is 3.17. The first-order chi connectivity index (χ1) is 11.0. The van der Waals surface area contributed by atoms with Crippen molar-refractivity contribution in [2.45, 2.75) is 0 Å². The third kappa shape index (κ3) is 4.69. The molecule has 2 aromatic rings. The first-order valence-corrected chi connectivity index (χ1v) is 7.14. The quantitative estimate of drug-likeness (QED) is 0.821. The van der Waals surface area contributed by atoms with E-state index in [0.29, 0.717) is 18.0 Å². The molecule has 0 aliphatic rings. The molecule has 0 aliphatic heterocycles. The summed E-state index contributed by atoms with van der Waals surface area (Å²) >= 11 is 0. The molecule has 2 rings (SSSR count). The number of carboxylic acid groups (broad SMARTS) is 1. The van der Waals surface area contributed by atoms with E-state index < -0.39 is 11.8 Å². The average Bonchev–Trinajstić information content (AvgIpc) is 2.50. The van der Waals surface area contributed by atoms with E-state index in [9.17, 15) is 9.18 Å². The summed E-state index contributed by atoms with van der Waals surface area (Å²) in [6.45, 7) is 1.37. The molecule has 0 bridgehead atoms. The van der Waals surface area contributed by atoms with Gasteiger partial charge in [-0.05, 0) is 50.5 Å². The number of rotatable bonds is 7. The molecule has 0 atom stereocenters. The Morgan fingerprint density at radius 2 is 1.91 bits per heavy atom. The van der Waals surface area contributed by atoms with Gasteiger partial charge >= 0.3 is 5.97 Å². The van der Waals surface area contributed by atoms with Gasteiger partial charge in [-0.25, -0.2) is 9.18 Å². The zero-order valence-electron chi connectivity index (χ0n) is 13.0. The van der Waals surface area contributed by atoms with Crippen molar-refractivity contribution in [3.8, 4) is 5.75 Å². The smallest absolute Gasteiger partial charge is 0.337 e. The lowest BCUT2D eigenvalue weighted by Gasteiger charge is -2.13. The average molecular weight is 318 g/mol. The Hall–Kier alpha value is -2.60. The van der Waals surface area contributed by atoms with E-state index in [1.165, 1.54) is 18.2 Å². The molecule has 0 spiro atoms. The molecule has 0 saturated heterocycles. The van der Waals surface area contributed by atoms with Crippen LogP contribution in [0.25, 0.3) is 0 Å². The van der Waals surface area contributed by atoms with Gasteiger partial charge in [0.1, 0.15) is 18.2 Å². The van der Waals surface area contributed by atoms with Crippen LogP contribution < -0.4 is 10.1 Å². The van der Waals surface area contributed by atoms with Crippen LogP contribution in [0.2, 0.25) is 0 Å². The highest BCUT2D eigenvalue weighted by Crippen LogP contribution is 2.25. The SMILES string of the molecule is CN(C)CCOc1ccc(Nc2c(F)cccc2C(=O)O)cc1. The predicted molar refractivity (Wildman–Crippen MR) is 87.1 cm³/mol. The van der Waals surface area contributed by atoms with Gasteiger partial charge < -0.3 is 20.1 Å². The van der Waals surface area contributed by atoms with E-state index in [2.05, 4.69) is 5.32 Å². The van der Waals surface area contributed by atoms with Gasteiger partial charge in [0.2, 0.25) is 0 Å². The normalized spacial score (nSPS) is 10.6. The number of hydrogen-bond donors (Lipinski definition) is 2. The van der Waals surface area contributed by atoms with Gasteiger partial charge in [0.25, 0.3) is 0 Å². The largest absolute Gasteiger partial charge is 0.492 e. The molecule has 0 unspecified atom stereocenters. The maximum absolute atomic E-state index is 13.9. The number of hydrogen-bond acceptors (Lipinski definition) is 4. The van der Waals surface area contributed by atoms with Gasteiger partial charge in [-0.1, -0.05) is 6.07 Å². The summed E-state index contributed by atoms with van der Waals surface area (Å²) in [4.78, 5) is 13.2. The van der Waals surface area contributed by atoms with E-state index in [4.69, 9.17) is 9.84 Å². The Kier molecular flexibility index (Phi) is 5.54. The maximum atomic E-state index is 13.9. The van der Waals surface area contributed by atoms with Crippen molar-refractivity contribution >= 4 is 17.3 Å². The van der Waals surface area contributed by atoms with Crippen molar-refractivity contribution in [1.29, 1.82) is 0 Å². The maximum Gasteiger partial charge on any atom is 0.337 e. The second-order valence-electron chi connectivity index (χ2n) is 5.27. The van der Waals surface area contributed by atoms with Crippen LogP contribution in [-0.2, 0) is 0 Å². The van der Waals surface area contributed by atoms with Crippen LogP contribution in [0.3, 0.4) is 0 Å². The number of carboxylic acids is 1. The Balaban J connectivity index is 2.08. The molecule has 0 amide bonds. The Labute approximate surface area is 134 Å². The fraction of sp³-hybridized carbons (Fsp3) is 0.235. The molecule has 0 radical (unpaired) electrons. The van der Waals surface area contributed by atoms with E-state index in [-0.39, 0.29) is 11.3 Å². The van der Waals surface area contributed by atoms with E-state index in [0.717, 1.165) is 6.54 Å². The predicted octanol–water partition coefficient (Wildman–Crippen LogP) is 3.21. The van der Waals surface area contributed by atoms with Crippen molar-refractivity contribution < 1.29 is 19.0 Å². The second kappa shape index (κ2) is 7.60. The van der Waals surface area contributed by atoms with Crippen LogP contribution in [0.4, 0.5) is 15.8 Å². The van der Waals surface area contributed by atoms with Gasteiger partial charge in [0.15, 0.2) is 0 Å². The zero-order valence-corrected chi connectivity index (χ0v) is 13.0. The van der Waals surface area contributed by atoms with E-state index >= 15 is 0 Å². The van der Waals surface area contributed by atoms with Crippen molar-refractivity contribution in [2.75, 3.05) is 32.6 Å². The molecule has 122 valence electrons. The van der Waals surface area contributed by atoms with Crippen LogP contribution >= 0.6 is 0 Å². The van der Waals surface area contributed by atoms with Crippen molar-refractivity contribution in [2.24, 2.45) is 0 Å². The highest BCUT2D eigenvalue weighted by molar-refractivity contribution is 5.95. The number of benzene rings is 2. The van der Waals surface area contributed by atoms with Crippen LogP contribution in [0.5, 0.6) is 5.75 Å². The minimum absolute atomic E-state index is 0.0544. The van der Waals surface area contributed by atoms with E-state index in [1.54, 1.807) is 24.3 Å². The lowest BCUT2D eigenvalue weighted by molar-refractivity contribution is 0.0697. The molecule has 6 heteroatoms. The number of aromatic carboxylic acids is 1. The minimum atomic E-state index is -1.18. The van der Waals surface area contributed by atoms with Gasteiger partial charge in [-0.3, -0.25) is 0 Å². The number of ether oxygens (including phenoxy) is 1. The highest BCUT2D eigenvalue weighted by Gasteiger charge is 2.14. The van der Waals surface area contributed by atoms with Gasteiger partial charge in [0.05, 0.1) is 11.3 Å². The molecule has 0 aliphatic carbocycles. The van der Waals surface area contributed by atoms with Crippen molar-refractivity contribution in [3.05, 3.63) is 53.8 Å². The third-order valence-electron chi connectivity index (χ3n) is 3.17. The van der Waals surface area contributed by atoms with E-state index in [1.807, 2.05) is 19.0 Å². The summed E-state index contributed by atoms with van der Waals surface area (Å²) in [5, 5.41) is 11.9. The Morgan fingerprint density at radius 3 is 2.52 bits per heavy atom. The summed E-state index contributed by atoms with van der Waals surface area (Å²) < 4.78 is 19.4. The molecule has 0 aromatic heterocycles. The number of carbonyl (C=O) groups is 1. The van der Waals surface area contributed by atoms with Crippen LogP contribution in [-0.4, -0.2) is 43.2 Å². The topological polar surface area (TPSA) is 61.8 Å². The standard InChI is InChI=1S/C17H19FN2O3/c1-20(2)10-11-23-13-8-6-12(7-9-13)19-16-14(17(21)22)4-3-5-15(16)18/h3-9,19H,10-11H2,1-2H3,(H,21,22). The summed E-state index contributed by atoms with van der Waals surface area (Å²) in [6.07, 6.45) is 0. The number of nitrogens with zero attached hydrogens (tertiary/aromatic N) is 1. The first kappa shape index (κ1) is 16.8. The molecule has 2 aromatic carbocycles. The molecular weight excluding hydrogens is 299 g/mol. The van der Waals surface area contributed by atoms with Crippen molar-refractivity contribution in [1.82, 2.24) is 4.90 Å². The molecule has 0 fully saturated rings. The monoisotopic (exact) mass is 318 g/mol. The van der Waals surface area contributed by atoms with Gasteiger partial charge in [0, 0.05) is 12.2 Å². The molecule has 2 N–H and O–H groups in total. The lowest BCUT2D eigenvalue weighted by atomic mass is 10.1. The molecule has 23 heavy (non-hydrogen) atoms. The molecule has 0 saturated carbocycles. The fourth-order valence-corrected chi connectivity index (χ4v) is 1.95. The highest BCUT2D eigenvalue weighted by atomic mass is 19.1. The number of para-hydroxylation sites is 1. The Bertz CT molecular complexity index is 672. The van der Waals surface area contributed by atoms with Crippen LogP contribution in [0.1, 0.15) is 10.4 Å². The molecular formula is C17H19FN2O3. The zero-order chi connectivity index (χ0) is 16.8. The Morgan fingerprint density at radius 1 is 1.22 bits per heavy atom. The van der Waals surface area contributed by atoms with Crippen molar-refractivity contribution in [3.63, 3.8) is 0 Å². The summed E-state index contributed by atoms with van der Waals surface area (Å²) in [6, 6.07) is 10.9. The number of likely N-dealkylation sites (N-methyl/N-ethyl adjacent to an activating group) is 1. The molecule has 0 heterocycles. The number of anilines is 2. The number of halogens is 1. The first-order valence-electron chi connectivity index (χ1n) is 7.14. The second-order valence-corrected chi connectivity index (χ2v) is 5.27. The minimum Gasteiger partial charge on any atom is -0.492 e. The molecule has 5 nitrogen and oxygen atoms in total.